The van der Waals surface area contributed by atoms with Gasteiger partial charge in [-0.1, -0.05) is 17.7 Å². The molecule has 6 nitrogen and oxygen atoms in total. The highest BCUT2D eigenvalue weighted by molar-refractivity contribution is 7.89. The van der Waals surface area contributed by atoms with Gasteiger partial charge in [0, 0.05) is 12.6 Å². The van der Waals surface area contributed by atoms with Crippen molar-refractivity contribution in [3.05, 3.63) is 28.8 Å². The van der Waals surface area contributed by atoms with E-state index in [0.29, 0.717) is 22.6 Å². The number of sulfonamides is 1. The largest absolute Gasteiger partial charge is 0.443 e. The smallest absolute Gasteiger partial charge is 0.410 e. The van der Waals surface area contributed by atoms with Gasteiger partial charge in [-0.2, -0.15) is 0 Å². The summed E-state index contributed by atoms with van der Waals surface area (Å²) in [6.45, 7) is 9.76. The molecule has 0 spiro atoms. The molecule has 0 aromatic heterocycles. The van der Waals surface area contributed by atoms with E-state index in [9.17, 15) is 13.2 Å². The summed E-state index contributed by atoms with van der Waals surface area (Å²) >= 11 is 0. The van der Waals surface area contributed by atoms with Crippen molar-refractivity contribution in [3.8, 4) is 0 Å². The minimum atomic E-state index is -3.64. The molecule has 0 radical (unpaired) electrons. The van der Waals surface area contributed by atoms with Crippen LogP contribution in [-0.4, -0.2) is 44.6 Å². The molecule has 1 fully saturated rings. The van der Waals surface area contributed by atoms with Gasteiger partial charge in [0.1, 0.15) is 6.10 Å². The Balaban J connectivity index is 2.11. The second-order valence-electron chi connectivity index (χ2n) is 6.33. The second kappa shape index (κ2) is 6.49. The van der Waals surface area contributed by atoms with Crippen LogP contribution in [-0.2, 0) is 14.8 Å². The lowest BCUT2D eigenvalue weighted by molar-refractivity contribution is 0.130. The van der Waals surface area contributed by atoms with Crippen molar-refractivity contribution in [1.82, 2.24) is 9.62 Å². The Morgan fingerprint density at radius 3 is 2.30 bits per heavy atom. The number of benzene rings is 1. The van der Waals surface area contributed by atoms with Crippen molar-refractivity contribution in [2.45, 2.75) is 51.7 Å². The van der Waals surface area contributed by atoms with Crippen molar-refractivity contribution >= 4 is 16.1 Å². The number of nitrogens with one attached hydrogen (secondary N) is 1. The van der Waals surface area contributed by atoms with E-state index in [0.717, 1.165) is 5.56 Å². The zero-order valence-corrected chi connectivity index (χ0v) is 15.0. The van der Waals surface area contributed by atoms with Crippen LogP contribution in [0, 0.1) is 20.8 Å². The van der Waals surface area contributed by atoms with Crippen molar-refractivity contribution in [1.29, 1.82) is 0 Å². The van der Waals surface area contributed by atoms with Gasteiger partial charge in [0.15, 0.2) is 0 Å². The molecule has 0 aliphatic carbocycles. The molecule has 1 amide bonds. The molecule has 2 rings (SSSR count). The predicted octanol–water partition coefficient (Wildman–Crippen LogP) is 2.12. The van der Waals surface area contributed by atoms with Crippen molar-refractivity contribution in [2.75, 3.05) is 13.1 Å². The van der Waals surface area contributed by atoms with Crippen molar-refractivity contribution in [3.63, 3.8) is 0 Å². The third-order valence-electron chi connectivity index (χ3n) is 3.90. The average Bonchev–Trinajstić information content (AvgIpc) is 2.76. The maximum absolute atomic E-state index is 12.6. The molecular formula is C16H24N2O4S. The highest BCUT2D eigenvalue weighted by Gasteiger charge is 2.33. The molecular weight excluding hydrogens is 316 g/mol. The molecule has 0 saturated carbocycles. The number of carbonyl (C=O) groups is 1. The fourth-order valence-corrected chi connectivity index (χ4v) is 4.45. The van der Waals surface area contributed by atoms with Crippen LogP contribution in [0.5, 0.6) is 0 Å². The van der Waals surface area contributed by atoms with Gasteiger partial charge in [-0.15, -0.1) is 0 Å². The standard InChI is InChI=1S/C16H24N2O4S/c1-10(2)18-9-14(22-16(18)19)8-17-23(20,21)15-12(4)6-11(3)7-13(15)5/h6-7,10,14,17H,8-9H2,1-5H3. The van der Waals surface area contributed by atoms with Gasteiger partial charge in [-0.3, -0.25) is 0 Å². The van der Waals surface area contributed by atoms with E-state index in [1.165, 1.54) is 0 Å². The van der Waals surface area contributed by atoms with Gasteiger partial charge in [0.25, 0.3) is 0 Å². The molecule has 1 unspecified atom stereocenters. The molecule has 1 atom stereocenters. The normalized spacial score (nSPS) is 18.6. The number of amides is 1. The van der Waals surface area contributed by atoms with Crippen molar-refractivity contribution < 1.29 is 17.9 Å². The average molecular weight is 340 g/mol. The zero-order chi connectivity index (χ0) is 17.4. The Morgan fingerprint density at radius 2 is 1.83 bits per heavy atom. The predicted molar refractivity (Wildman–Crippen MR) is 88.0 cm³/mol. The summed E-state index contributed by atoms with van der Waals surface area (Å²) in [6.07, 6.45) is -0.863. The van der Waals surface area contributed by atoms with Crippen LogP contribution >= 0.6 is 0 Å². The van der Waals surface area contributed by atoms with E-state index in [1.54, 1.807) is 18.7 Å². The van der Waals surface area contributed by atoms with E-state index in [-0.39, 0.29) is 12.6 Å². The molecule has 23 heavy (non-hydrogen) atoms. The number of hydrogen-bond donors (Lipinski definition) is 1. The van der Waals surface area contributed by atoms with Gasteiger partial charge < -0.3 is 9.64 Å². The minimum absolute atomic E-state index is 0.0331. The lowest BCUT2D eigenvalue weighted by Gasteiger charge is -2.17. The van der Waals surface area contributed by atoms with Crippen molar-refractivity contribution in [2.24, 2.45) is 0 Å². The SMILES string of the molecule is Cc1cc(C)c(S(=O)(=O)NCC2CN(C(C)C)C(=O)O2)c(C)c1. The number of carbonyl (C=O) groups excluding carboxylic acids is 1. The lowest BCUT2D eigenvalue weighted by Crippen LogP contribution is -2.36. The maximum atomic E-state index is 12.6. The third kappa shape index (κ3) is 3.84. The zero-order valence-electron chi connectivity index (χ0n) is 14.2. The molecule has 1 saturated heterocycles. The van der Waals surface area contributed by atoms with E-state index in [4.69, 9.17) is 4.74 Å². The highest BCUT2D eigenvalue weighted by atomic mass is 32.2. The summed E-state index contributed by atoms with van der Waals surface area (Å²) in [5.41, 5.74) is 2.45. The minimum Gasteiger partial charge on any atom is -0.443 e. The number of hydrogen-bond acceptors (Lipinski definition) is 4. The first-order valence-electron chi connectivity index (χ1n) is 7.66. The Hall–Kier alpha value is -1.60. The fraction of sp³-hybridized carbons (Fsp3) is 0.562. The number of ether oxygens (including phenoxy) is 1. The lowest BCUT2D eigenvalue weighted by atomic mass is 10.1. The highest BCUT2D eigenvalue weighted by Crippen LogP contribution is 2.22. The molecule has 1 N–H and O–H groups in total. The topological polar surface area (TPSA) is 75.7 Å². The van der Waals surface area contributed by atoms with Gasteiger partial charge in [0.2, 0.25) is 10.0 Å². The number of cyclic esters (lactones) is 1. The Bertz CT molecular complexity index is 690. The van der Waals surface area contributed by atoms with Gasteiger partial charge in [-0.05, 0) is 45.7 Å². The van der Waals surface area contributed by atoms with Crippen LogP contribution in [0.2, 0.25) is 0 Å². The Kier molecular flexibility index (Phi) is 5.01. The van der Waals surface area contributed by atoms with E-state index in [2.05, 4.69) is 4.72 Å². The monoisotopic (exact) mass is 340 g/mol. The van der Waals surface area contributed by atoms with E-state index in [1.807, 2.05) is 32.9 Å². The van der Waals surface area contributed by atoms with Crippen LogP contribution in [0.15, 0.2) is 17.0 Å². The third-order valence-corrected chi connectivity index (χ3v) is 5.63. The van der Waals surface area contributed by atoms with Gasteiger partial charge in [-0.25, -0.2) is 17.9 Å². The molecule has 1 aromatic carbocycles. The van der Waals surface area contributed by atoms with Gasteiger partial charge >= 0.3 is 6.09 Å². The van der Waals surface area contributed by atoms with Crippen LogP contribution in [0.1, 0.15) is 30.5 Å². The number of nitrogens with zero attached hydrogens (tertiary/aromatic N) is 1. The first kappa shape index (κ1) is 17.7. The molecule has 128 valence electrons. The molecule has 1 aliphatic heterocycles. The molecule has 1 aliphatic rings. The summed E-state index contributed by atoms with van der Waals surface area (Å²) in [6, 6.07) is 3.72. The van der Waals surface area contributed by atoms with Crippen LogP contribution < -0.4 is 4.72 Å². The Morgan fingerprint density at radius 1 is 1.26 bits per heavy atom. The van der Waals surface area contributed by atoms with E-state index >= 15 is 0 Å². The van der Waals surface area contributed by atoms with Crippen LogP contribution in [0.25, 0.3) is 0 Å². The summed E-state index contributed by atoms with van der Waals surface area (Å²) in [5.74, 6) is 0. The van der Waals surface area contributed by atoms with Crippen LogP contribution in [0.3, 0.4) is 0 Å². The summed E-state index contributed by atoms with van der Waals surface area (Å²) in [5, 5.41) is 0. The second-order valence-corrected chi connectivity index (χ2v) is 8.04. The maximum Gasteiger partial charge on any atom is 0.410 e. The summed E-state index contributed by atoms with van der Waals surface area (Å²) in [7, 11) is -3.64. The molecule has 1 aromatic rings. The first-order valence-corrected chi connectivity index (χ1v) is 9.15. The first-order chi connectivity index (χ1) is 10.6. The summed E-state index contributed by atoms with van der Waals surface area (Å²) in [4.78, 5) is 13.6. The molecule has 0 bridgehead atoms. The summed E-state index contributed by atoms with van der Waals surface area (Å²) < 4.78 is 32.9. The molecule has 1 heterocycles. The molecule has 7 heteroatoms. The number of aryl methyl sites for hydroxylation is 3. The number of rotatable bonds is 5. The van der Waals surface area contributed by atoms with Crippen LogP contribution in [0.4, 0.5) is 4.79 Å². The fourth-order valence-electron chi connectivity index (χ4n) is 2.93. The van der Waals surface area contributed by atoms with Gasteiger partial charge in [0.05, 0.1) is 11.4 Å². The quantitative estimate of drug-likeness (QED) is 0.891. The Labute approximate surface area is 137 Å². The van der Waals surface area contributed by atoms with E-state index < -0.39 is 22.2 Å².